The Morgan fingerprint density at radius 2 is 1.50 bits per heavy atom. The molecule has 2 atom stereocenters. The number of aliphatic carboxylic acids is 1. The van der Waals surface area contributed by atoms with E-state index < -0.39 is 5.97 Å². The topological polar surface area (TPSA) is 79.8 Å². The van der Waals surface area contributed by atoms with Gasteiger partial charge in [-0.3, -0.25) is 14.6 Å². The fourth-order valence-electron chi connectivity index (χ4n) is 6.23. The summed E-state index contributed by atoms with van der Waals surface area (Å²) in [4.78, 5) is 34.7. The van der Waals surface area contributed by atoms with Gasteiger partial charge in [0.05, 0.1) is 12.5 Å². The third kappa shape index (κ3) is 6.83. The lowest BCUT2D eigenvalue weighted by Gasteiger charge is -2.41. The predicted molar refractivity (Wildman–Crippen MR) is 131 cm³/mol. The maximum absolute atomic E-state index is 12.3. The molecule has 3 heterocycles. The molecule has 1 saturated carbocycles. The van der Waals surface area contributed by atoms with E-state index in [2.05, 4.69) is 19.6 Å². The molecule has 4 aliphatic rings. The summed E-state index contributed by atoms with van der Waals surface area (Å²) in [6.07, 6.45) is 10.0. The van der Waals surface area contributed by atoms with Gasteiger partial charge in [-0.2, -0.15) is 0 Å². The van der Waals surface area contributed by atoms with E-state index in [0.717, 1.165) is 58.0 Å². The number of hydrogen-bond donors (Lipinski definition) is 1. The molecule has 1 aliphatic carbocycles. The lowest BCUT2D eigenvalue weighted by atomic mass is 9.94. The molecule has 0 aromatic carbocycles. The van der Waals surface area contributed by atoms with Crippen LogP contribution in [-0.2, 0) is 9.53 Å². The monoisotopic (exact) mass is 479 g/mol. The minimum absolute atomic E-state index is 0.0984. The quantitative estimate of drug-likeness (QED) is 0.477. The van der Waals surface area contributed by atoms with Gasteiger partial charge in [-0.05, 0) is 38.6 Å². The number of carboxylic acid groups (broad SMARTS) is 1. The molecule has 9 heteroatoms. The normalized spacial score (nSPS) is 29.0. The molecule has 1 amide bonds. The summed E-state index contributed by atoms with van der Waals surface area (Å²) in [6.45, 7) is 9.84. The van der Waals surface area contributed by atoms with Crippen LogP contribution in [-0.4, -0.2) is 132 Å². The minimum Gasteiger partial charge on any atom is -0.481 e. The van der Waals surface area contributed by atoms with E-state index in [9.17, 15) is 9.59 Å². The maximum Gasteiger partial charge on any atom is 0.411 e. The molecule has 0 aromatic rings. The Balaban J connectivity index is 1.15. The summed E-state index contributed by atoms with van der Waals surface area (Å²) in [5.41, 5.74) is 0. The first-order valence-electron chi connectivity index (χ1n) is 13.6. The van der Waals surface area contributed by atoms with Crippen molar-refractivity contribution in [2.45, 2.75) is 76.1 Å². The van der Waals surface area contributed by atoms with Gasteiger partial charge in [0.25, 0.3) is 0 Å². The Labute approximate surface area is 205 Å². The van der Waals surface area contributed by atoms with Crippen LogP contribution in [0.15, 0.2) is 0 Å². The number of amides is 1. The average Bonchev–Trinajstić information content (AvgIpc) is 3.15. The van der Waals surface area contributed by atoms with Crippen molar-refractivity contribution < 1.29 is 19.4 Å². The summed E-state index contributed by atoms with van der Waals surface area (Å²) in [6, 6.07) is 0.934. The molecule has 0 aromatic heterocycles. The van der Waals surface area contributed by atoms with Gasteiger partial charge in [-0.25, -0.2) is 4.79 Å². The number of piperazine rings is 2. The third-order valence-corrected chi connectivity index (χ3v) is 8.47. The molecule has 0 bridgehead atoms. The average molecular weight is 480 g/mol. The van der Waals surface area contributed by atoms with Gasteiger partial charge in [-0.15, -0.1) is 0 Å². The molecule has 4 fully saturated rings. The standard InChI is InChI=1S/C25H45N5O4/c1-26-22(24(34-25(26)33)30-19-15-28(16-20-30)12-10-23(31)32)9-5-6-11-27-13-17-29(18-14-27)21-7-3-2-4-8-21/h21-22,24H,2-20H2,1H3,(H,31,32). The van der Waals surface area contributed by atoms with Crippen molar-refractivity contribution in [2.24, 2.45) is 0 Å². The highest BCUT2D eigenvalue weighted by Gasteiger charge is 2.43. The van der Waals surface area contributed by atoms with Crippen LogP contribution in [0.1, 0.15) is 57.8 Å². The van der Waals surface area contributed by atoms with Crippen LogP contribution in [0.3, 0.4) is 0 Å². The number of carboxylic acids is 1. The molecule has 2 unspecified atom stereocenters. The van der Waals surface area contributed by atoms with Crippen LogP contribution < -0.4 is 0 Å². The first kappa shape index (κ1) is 25.7. The molecule has 1 N–H and O–H groups in total. The smallest absolute Gasteiger partial charge is 0.411 e. The largest absolute Gasteiger partial charge is 0.481 e. The van der Waals surface area contributed by atoms with E-state index in [-0.39, 0.29) is 24.8 Å². The molecular weight excluding hydrogens is 434 g/mol. The zero-order valence-corrected chi connectivity index (χ0v) is 21.1. The van der Waals surface area contributed by atoms with E-state index in [4.69, 9.17) is 9.84 Å². The summed E-state index contributed by atoms with van der Waals surface area (Å²) in [5.74, 6) is -0.750. The van der Waals surface area contributed by atoms with Crippen molar-refractivity contribution in [1.29, 1.82) is 0 Å². The number of ether oxygens (including phenoxy) is 1. The van der Waals surface area contributed by atoms with Gasteiger partial charge < -0.3 is 24.5 Å². The van der Waals surface area contributed by atoms with Gasteiger partial charge in [0.1, 0.15) is 0 Å². The number of nitrogens with zero attached hydrogens (tertiary/aromatic N) is 5. The van der Waals surface area contributed by atoms with Crippen molar-refractivity contribution >= 4 is 12.1 Å². The van der Waals surface area contributed by atoms with Crippen LogP contribution in [0.4, 0.5) is 4.79 Å². The Morgan fingerprint density at radius 1 is 0.882 bits per heavy atom. The van der Waals surface area contributed by atoms with Gasteiger partial charge in [0, 0.05) is 72.0 Å². The second-order valence-corrected chi connectivity index (χ2v) is 10.6. The molecule has 0 spiro atoms. The highest BCUT2D eigenvalue weighted by atomic mass is 16.6. The molecule has 3 aliphatic heterocycles. The third-order valence-electron chi connectivity index (χ3n) is 8.47. The molecule has 194 valence electrons. The molecule has 3 saturated heterocycles. The fourth-order valence-corrected chi connectivity index (χ4v) is 6.23. The Bertz CT molecular complexity index is 658. The number of cyclic esters (lactones) is 1. The first-order chi connectivity index (χ1) is 16.5. The van der Waals surface area contributed by atoms with Crippen molar-refractivity contribution in [3.05, 3.63) is 0 Å². The fraction of sp³-hybridized carbons (Fsp3) is 0.920. The van der Waals surface area contributed by atoms with Crippen molar-refractivity contribution in [3.63, 3.8) is 0 Å². The lowest BCUT2D eigenvalue weighted by Crippen LogP contribution is -2.54. The highest BCUT2D eigenvalue weighted by molar-refractivity contribution is 5.70. The zero-order valence-electron chi connectivity index (χ0n) is 21.1. The second-order valence-electron chi connectivity index (χ2n) is 10.6. The number of unbranched alkanes of at least 4 members (excludes halogenated alkanes) is 1. The van der Waals surface area contributed by atoms with Crippen molar-refractivity contribution in [2.75, 3.05) is 72.5 Å². The van der Waals surface area contributed by atoms with Crippen LogP contribution >= 0.6 is 0 Å². The lowest BCUT2D eigenvalue weighted by molar-refractivity contribution is -0.137. The zero-order chi connectivity index (χ0) is 23.9. The molecular formula is C25H45N5O4. The summed E-state index contributed by atoms with van der Waals surface area (Å²) in [7, 11) is 1.86. The molecule has 4 rings (SSSR count). The van der Waals surface area contributed by atoms with Crippen LogP contribution in [0.2, 0.25) is 0 Å². The highest BCUT2D eigenvalue weighted by Crippen LogP contribution is 2.27. The van der Waals surface area contributed by atoms with Gasteiger partial charge in [0.2, 0.25) is 0 Å². The van der Waals surface area contributed by atoms with Crippen LogP contribution in [0.5, 0.6) is 0 Å². The predicted octanol–water partition coefficient (Wildman–Crippen LogP) is 1.98. The number of carbonyl (C=O) groups excluding carboxylic acids is 1. The van der Waals surface area contributed by atoms with Gasteiger partial charge >= 0.3 is 12.1 Å². The summed E-state index contributed by atoms with van der Waals surface area (Å²) >= 11 is 0. The van der Waals surface area contributed by atoms with E-state index in [1.807, 2.05) is 7.05 Å². The van der Waals surface area contributed by atoms with Crippen LogP contribution in [0.25, 0.3) is 0 Å². The first-order valence-corrected chi connectivity index (χ1v) is 13.6. The maximum atomic E-state index is 12.3. The Hall–Kier alpha value is -1.42. The molecule has 34 heavy (non-hydrogen) atoms. The van der Waals surface area contributed by atoms with Gasteiger partial charge in [-0.1, -0.05) is 19.3 Å². The minimum atomic E-state index is -0.750. The molecule has 9 nitrogen and oxygen atoms in total. The SMILES string of the molecule is CN1C(=O)OC(N2CCN(CCC(=O)O)CC2)C1CCCCN1CCN(C2CCCCC2)CC1. The van der Waals surface area contributed by atoms with Gasteiger partial charge in [0.15, 0.2) is 6.23 Å². The summed E-state index contributed by atoms with van der Waals surface area (Å²) in [5, 5.41) is 8.91. The number of rotatable bonds is 10. The number of hydrogen-bond acceptors (Lipinski definition) is 7. The van der Waals surface area contributed by atoms with Crippen molar-refractivity contribution in [1.82, 2.24) is 24.5 Å². The van der Waals surface area contributed by atoms with E-state index in [0.29, 0.717) is 6.54 Å². The van der Waals surface area contributed by atoms with Crippen molar-refractivity contribution in [3.8, 4) is 0 Å². The number of carbonyl (C=O) groups is 2. The van der Waals surface area contributed by atoms with E-state index in [1.165, 1.54) is 58.3 Å². The van der Waals surface area contributed by atoms with E-state index in [1.54, 1.807) is 4.90 Å². The molecule has 0 radical (unpaired) electrons. The Kier molecular flexibility index (Phi) is 9.45. The second kappa shape index (κ2) is 12.5. The van der Waals surface area contributed by atoms with Crippen LogP contribution in [0, 0.1) is 0 Å². The van der Waals surface area contributed by atoms with E-state index >= 15 is 0 Å². The summed E-state index contributed by atoms with van der Waals surface area (Å²) < 4.78 is 5.76. The number of likely N-dealkylation sites (N-methyl/N-ethyl adjacent to an activating group) is 1. The Morgan fingerprint density at radius 3 is 2.15 bits per heavy atom.